The van der Waals surface area contributed by atoms with Gasteiger partial charge in [0.15, 0.2) is 0 Å². The van der Waals surface area contributed by atoms with Crippen LogP contribution in [-0.4, -0.2) is 6.21 Å². The van der Waals surface area contributed by atoms with Crippen LogP contribution in [0, 0.1) is 0 Å². The molecule has 1 nitrogen and oxygen atoms in total. The van der Waals surface area contributed by atoms with Crippen LogP contribution in [0.1, 0.15) is 0 Å². The van der Waals surface area contributed by atoms with Crippen molar-refractivity contribution in [1.29, 1.82) is 0 Å². The van der Waals surface area contributed by atoms with E-state index in [0.29, 0.717) is 0 Å². The predicted octanol–water partition coefficient (Wildman–Crippen LogP) is 0.938. The maximum absolute atomic E-state index is 4.07. The van der Waals surface area contributed by atoms with E-state index in [-0.39, 0.29) is 0 Å². The zero-order chi connectivity index (χ0) is 7.52. The third kappa shape index (κ3) is 1.35. The highest BCUT2D eigenvalue weighted by molar-refractivity contribution is 8.05. The van der Waals surface area contributed by atoms with Crippen LogP contribution in [0.5, 0.6) is 0 Å². The van der Waals surface area contributed by atoms with Crippen molar-refractivity contribution in [3.63, 3.8) is 0 Å². The molecule has 11 heavy (non-hydrogen) atoms. The van der Waals surface area contributed by atoms with Gasteiger partial charge in [0.25, 0.3) is 0 Å². The van der Waals surface area contributed by atoms with Crippen molar-refractivity contribution in [2.24, 2.45) is 4.40 Å². The Hall–Kier alpha value is -1.02. The van der Waals surface area contributed by atoms with Crippen LogP contribution in [0.4, 0.5) is 0 Å². The number of hydrogen-bond donors (Lipinski definition) is 0. The molecule has 0 bridgehead atoms. The van der Waals surface area contributed by atoms with E-state index in [1.54, 1.807) is 0 Å². The Morgan fingerprint density at radius 1 is 1.09 bits per heavy atom. The molecular weight excluding hydrogens is 154 g/mol. The topological polar surface area (TPSA) is 12.4 Å². The van der Waals surface area contributed by atoms with Gasteiger partial charge < -0.3 is 0 Å². The fourth-order valence-electron chi connectivity index (χ4n) is 1.00. The highest BCUT2D eigenvalue weighted by Crippen LogP contribution is 2.01. The van der Waals surface area contributed by atoms with Gasteiger partial charge in [0, 0.05) is 23.6 Å². The molecule has 0 radical (unpaired) electrons. The summed E-state index contributed by atoms with van der Waals surface area (Å²) in [4.78, 5) is 0. The molecule has 0 aromatic heterocycles. The Bertz CT molecular complexity index is 392. The van der Waals surface area contributed by atoms with Crippen LogP contribution >= 0.6 is 11.9 Å². The van der Waals surface area contributed by atoms with Gasteiger partial charge in [-0.15, -0.1) is 0 Å². The van der Waals surface area contributed by atoms with E-state index in [0.717, 1.165) is 0 Å². The second-order valence-corrected chi connectivity index (χ2v) is 2.93. The second kappa shape index (κ2) is 2.93. The van der Waals surface area contributed by atoms with E-state index in [1.165, 1.54) is 22.4 Å². The van der Waals surface area contributed by atoms with Gasteiger partial charge in [-0.1, -0.05) is 24.3 Å². The number of rotatable bonds is 0. The highest BCUT2D eigenvalue weighted by Gasteiger charge is 1.85. The highest BCUT2D eigenvalue weighted by atomic mass is 32.2. The third-order valence-electron chi connectivity index (χ3n) is 1.55. The molecule has 0 amide bonds. The molecule has 0 fully saturated rings. The minimum atomic E-state index is 1.24. The standard InChI is InChI=1S/C9H7NS/c1-2-4-9-7-11-10-6-5-8(9)3-1/h1-7H. The average Bonchev–Trinajstić information content (AvgIpc) is 2.28. The first kappa shape index (κ1) is 6.68. The molecule has 1 aromatic rings. The fourth-order valence-corrected chi connectivity index (χ4v) is 1.52. The second-order valence-electron chi connectivity index (χ2n) is 2.27. The molecule has 0 N–H and O–H groups in total. The van der Waals surface area contributed by atoms with Crippen LogP contribution in [-0.2, 0) is 0 Å². The van der Waals surface area contributed by atoms with E-state index in [4.69, 9.17) is 0 Å². The van der Waals surface area contributed by atoms with Gasteiger partial charge in [0.1, 0.15) is 0 Å². The van der Waals surface area contributed by atoms with Gasteiger partial charge in [-0.25, -0.2) is 4.40 Å². The van der Waals surface area contributed by atoms with Crippen LogP contribution in [0.25, 0.3) is 11.5 Å². The number of hydrogen-bond acceptors (Lipinski definition) is 2. The van der Waals surface area contributed by atoms with Crippen molar-refractivity contribution in [3.05, 3.63) is 34.7 Å². The zero-order valence-corrected chi connectivity index (χ0v) is 6.71. The number of benzene rings is 1. The van der Waals surface area contributed by atoms with Crippen LogP contribution in [0.15, 0.2) is 28.7 Å². The minimum Gasteiger partial charge on any atom is -0.220 e. The maximum atomic E-state index is 4.07. The monoisotopic (exact) mass is 161 g/mol. The van der Waals surface area contributed by atoms with Crippen molar-refractivity contribution < 1.29 is 0 Å². The Morgan fingerprint density at radius 2 is 1.91 bits per heavy atom. The molecule has 2 heteroatoms. The lowest BCUT2D eigenvalue weighted by Gasteiger charge is -1.84. The molecule has 0 saturated carbocycles. The average molecular weight is 161 g/mol. The normalized spacial score (nSPS) is 14.2. The first-order chi connectivity index (χ1) is 5.47. The summed E-state index contributed by atoms with van der Waals surface area (Å²) in [5.74, 6) is 0. The Balaban J connectivity index is 2.81. The lowest BCUT2D eigenvalue weighted by Crippen LogP contribution is -2.22. The Labute approximate surface area is 69.3 Å². The summed E-state index contributed by atoms with van der Waals surface area (Å²) in [5.41, 5.74) is 0. The maximum Gasteiger partial charge on any atom is 0.0361 e. The zero-order valence-electron chi connectivity index (χ0n) is 5.90. The largest absolute Gasteiger partial charge is 0.220 e. The Kier molecular flexibility index (Phi) is 1.78. The summed E-state index contributed by atoms with van der Waals surface area (Å²) in [6.07, 6.45) is 3.85. The van der Waals surface area contributed by atoms with Crippen LogP contribution in [0.3, 0.4) is 0 Å². The van der Waals surface area contributed by atoms with Crippen molar-refractivity contribution >= 4 is 29.6 Å². The molecule has 2 rings (SSSR count). The third-order valence-corrected chi connectivity index (χ3v) is 2.15. The van der Waals surface area contributed by atoms with E-state index in [2.05, 4.69) is 21.9 Å². The lowest BCUT2D eigenvalue weighted by molar-refractivity contribution is 1.54. The summed E-state index contributed by atoms with van der Waals surface area (Å²) in [5, 5.41) is 4.53. The smallest absolute Gasteiger partial charge is 0.0361 e. The van der Waals surface area contributed by atoms with Crippen LogP contribution < -0.4 is 10.4 Å². The molecule has 1 aliphatic heterocycles. The molecule has 0 saturated heterocycles. The van der Waals surface area contributed by atoms with Crippen molar-refractivity contribution in [3.8, 4) is 0 Å². The van der Waals surface area contributed by atoms with Crippen molar-refractivity contribution in [2.45, 2.75) is 0 Å². The summed E-state index contributed by atoms with van der Waals surface area (Å²) < 4.78 is 4.07. The van der Waals surface area contributed by atoms with E-state index in [1.807, 2.05) is 24.4 Å². The van der Waals surface area contributed by atoms with Crippen molar-refractivity contribution in [1.82, 2.24) is 0 Å². The molecule has 0 unspecified atom stereocenters. The lowest BCUT2D eigenvalue weighted by atomic mass is 10.2. The summed E-state index contributed by atoms with van der Waals surface area (Å²) in [6, 6.07) is 8.25. The van der Waals surface area contributed by atoms with Gasteiger partial charge >= 0.3 is 0 Å². The first-order valence-electron chi connectivity index (χ1n) is 3.41. The van der Waals surface area contributed by atoms with E-state index >= 15 is 0 Å². The molecular formula is C9H7NS. The number of fused-ring (bicyclic) bond motifs is 1. The quantitative estimate of drug-likeness (QED) is 0.516. The summed E-state index contributed by atoms with van der Waals surface area (Å²) in [6.45, 7) is 0. The SMILES string of the molecule is C1=NSC=c2ccccc2=C1. The van der Waals surface area contributed by atoms with Gasteiger partial charge in [0.05, 0.1) is 0 Å². The molecule has 1 aliphatic rings. The molecule has 0 spiro atoms. The molecule has 0 aliphatic carbocycles. The van der Waals surface area contributed by atoms with E-state index in [9.17, 15) is 0 Å². The summed E-state index contributed by atoms with van der Waals surface area (Å²) in [7, 11) is 0. The van der Waals surface area contributed by atoms with Gasteiger partial charge in [0.2, 0.25) is 0 Å². The first-order valence-corrected chi connectivity index (χ1v) is 4.25. The molecule has 1 aromatic carbocycles. The predicted molar refractivity (Wildman–Crippen MR) is 50.7 cm³/mol. The van der Waals surface area contributed by atoms with Gasteiger partial charge in [-0.2, -0.15) is 0 Å². The molecule has 0 atom stereocenters. The van der Waals surface area contributed by atoms with Crippen molar-refractivity contribution in [2.75, 3.05) is 0 Å². The molecule has 1 heterocycles. The van der Waals surface area contributed by atoms with Gasteiger partial charge in [-0.3, -0.25) is 0 Å². The number of nitrogens with zero attached hydrogens (tertiary/aromatic N) is 1. The Morgan fingerprint density at radius 3 is 2.82 bits per heavy atom. The minimum absolute atomic E-state index is 1.24. The van der Waals surface area contributed by atoms with Crippen LogP contribution in [0.2, 0.25) is 0 Å². The molecule has 54 valence electrons. The van der Waals surface area contributed by atoms with Gasteiger partial charge in [-0.05, 0) is 16.5 Å². The van der Waals surface area contributed by atoms with E-state index < -0.39 is 0 Å². The fraction of sp³-hybridized carbons (Fsp3) is 0. The summed E-state index contributed by atoms with van der Waals surface area (Å²) >= 11 is 1.47.